The number of phenolic OH excluding ortho intramolecular Hbond substituents is 1. The standard InChI is InChI=1S/C18H18OS.F6P/c1-20(2,16-12-10-15(19)11-13-16)18-9-5-7-14-6-3-4-8-17(14)18;1-7(2,3,4,5)6/h3-13,19H,1-2H3;/q;-1/p+1. The van der Waals surface area contributed by atoms with Crippen LogP contribution in [-0.4, -0.2) is 17.6 Å². The fourth-order valence-corrected chi connectivity index (χ4v) is 4.78. The first kappa shape index (κ1) is 21.4. The number of fused-ring (bicyclic) bond motifs is 1. The minimum Gasteiger partial charge on any atom is 1.00 e. The van der Waals surface area contributed by atoms with Gasteiger partial charge in [-0.3, -0.25) is 0 Å². The van der Waals surface area contributed by atoms with Crippen LogP contribution in [0.4, 0.5) is 25.2 Å². The van der Waals surface area contributed by atoms with E-state index in [0.717, 1.165) is 0 Å². The van der Waals surface area contributed by atoms with Gasteiger partial charge in [0.15, 0.2) is 0 Å². The third kappa shape index (κ3) is 6.96. The van der Waals surface area contributed by atoms with E-state index >= 15 is 0 Å². The van der Waals surface area contributed by atoms with Gasteiger partial charge in [-0.15, -0.1) is 0 Å². The molecule has 0 atom stereocenters. The van der Waals surface area contributed by atoms with E-state index in [-0.39, 0.29) is 1.43 Å². The largest absolute Gasteiger partial charge is 1.00 e. The third-order valence-electron chi connectivity index (χ3n) is 3.73. The van der Waals surface area contributed by atoms with Crippen LogP contribution in [0.1, 0.15) is 1.43 Å². The molecule has 3 rings (SSSR count). The van der Waals surface area contributed by atoms with Gasteiger partial charge < -0.3 is 5.11 Å². The average molecular weight is 428 g/mol. The van der Waals surface area contributed by atoms with Crippen LogP contribution in [-0.2, 0) is 0 Å². The number of aromatic hydroxyl groups is 1. The summed E-state index contributed by atoms with van der Waals surface area (Å²) >= 11 is 0. The molecule has 0 spiro atoms. The molecule has 0 aliphatic carbocycles. The molecule has 0 radical (unpaired) electrons. The topological polar surface area (TPSA) is 20.2 Å². The maximum absolute atomic E-state index is 10.7. The second-order valence-electron chi connectivity index (χ2n) is 6.26. The molecular weight excluding hydrogens is 409 g/mol. The van der Waals surface area contributed by atoms with E-state index < -0.39 is 17.8 Å². The van der Waals surface area contributed by atoms with E-state index in [1.165, 1.54) is 20.6 Å². The summed E-state index contributed by atoms with van der Waals surface area (Å²) in [7, 11) is -11.8. The van der Waals surface area contributed by atoms with Crippen molar-refractivity contribution in [3.05, 3.63) is 66.7 Å². The number of phenols is 1. The second kappa shape index (κ2) is 6.31. The SMILES string of the molecule is CS(C)(c1ccc(O)cc1)c1cccc2ccccc12.F[P-](F)(F)(F)(F)F.[H+]. The molecule has 3 aromatic rings. The summed E-state index contributed by atoms with van der Waals surface area (Å²) in [6.45, 7) is 0. The number of hydrogen-bond donors (Lipinski definition) is 1. The predicted octanol–water partition coefficient (Wildman–Crippen LogP) is 8.52. The van der Waals surface area contributed by atoms with Gasteiger partial charge in [-0.25, -0.2) is 0 Å². The number of hydrogen-bond acceptors (Lipinski definition) is 1. The fourth-order valence-electron chi connectivity index (χ4n) is 2.55. The zero-order valence-corrected chi connectivity index (χ0v) is 16.1. The second-order valence-corrected chi connectivity index (χ2v) is 11.7. The molecule has 1 nitrogen and oxygen atoms in total. The minimum atomic E-state index is -10.7. The van der Waals surface area contributed by atoms with Gasteiger partial charge >= 0.3 is 34.4 Å². The van der Waals surface area contributed by atoms with E-state index in [1.807, 2.05) is 12.1 Å². The Morgan fingerprint density at radius 1 is 0.741 bits per heavy atom. The first-order chi connectivity index (χ1) is 12.0. The quantitative estimate of drug-likeness (QED) is 0.320. The van der Waals surface area contributed by atoms with Gasteiger partial charge in [-0.1, -0.05) is 36.4 Å². The van der Waals surface area contributed by atoms with Crippen LogP contribution in [0.25, 0.3) is 10.8 Å². The van der Waals surface area contributed by atoms with Crippen molar-refractivity contribution >= 4 is 28.6 Å². The van der Waals surface area contributed by atoms with Crippen molar-refractivity contribution in [3.8, 4) is 5.75 Å². The summed E-state index contributed by atoms with van der Waals surface area (Å²) in [6, 6.07) is 22.7. The molecule has 0 aliphatic heterocycles. The fraction of sp³-hybridized carbons (Fsp3) is 0.111. The summed E-state index contributed by atoms with van der Waals surface area (Å²) in [5.74, 6) is 0.321. The average Bonchev–Trinajstić information content (AvgIpc) is 2.52. The zero-order valence-electron chi connectivity index (χ0n) is 15.4. The van der Waals surface area contributed by atoms with Crippen LogP contribution >= 0.6 is 17.8 Å². The Morgan fingerprint density at radius 2 is 1.22 bits per heavy atom. The Kier molecular flexibility index (Phi) is 5.00. The molecule has 1 N–H and O–H groups in total. The molecule has 0 heterocycles. The molecule has 150 valence electrons. The third-order valence-corrected chi connectivity index (χ3v) is 6.63. The Bertz CT molecular complexity index is 943. The van der Waals surface area contributed by atoms with Gasteiger partial charge in [-0.05, 0) is 58.5 Å². The van der Waals surface area contributed by atoms with E-state index in [9.17, 15) is 30.3 Å². The van der Waals surface area contributed by atoms with Crippen LogP contribution in [0.15, 0.2) is 76.5 Å². The molecule has 0 bridgehead atoms. The Labute approximate surface area is 155 Å². The maximum Gasteiger partial charge on any atom is 1.00 e. The van der Waals surface area contributed by atoms with Crippen molar-refractivity contribution in [2.75, 3.05) is 12.5 Å². The van der Waals surface area contributed by atoms with Crippen LogP contribution < -0.4 is 0 Å². The van der Waals surface area contributed by atoms with Crippen molar-refractivity contribution < 1.29 is 31.7 Å². The predicted molar refractivity (Wildman–Crippen MR) is 103 cm³/mol. The maximum atomic E-state index is 9.87. The Morgan fingerprint density at radius 3 is 1.78 bits per heavy atom. The van der Waals surface area contributed by atoms with Gasteiger partial charge in [0.05, 0.1) is 0 Å². The van der Waals surface area contributed by atoms with Gasteiger partial charge in [0, 0.05) is 4.90 Å². The normalized spacial score (nSPS) is 15.3. The summed E-state index contributed by atoms with van der Waals surface area (Å²) < 4.78 is 59.2. The van der Waals surface area contributed by atoms with Gasteiger partial charge in [0.25, 0.3) is 0 Å². The minimum absolute atomic E-state index is 0. The van der Waals surface area contributed by atoms with Gasteiger partial charge in [0.2, 0.25) is 0 Å². The van der Waals surface area contributed by atoms with Gasteiger partial charge in [0.1, 0.15) is 5.75 Å². The first-order valence-electron chi connectivity index (χ1n) is 7.61. The number of halogens is 6. The molecule has 0 aromatic heterocycles. The Hall–Kier alpha value is -1.92. The summed E-state index contributed by atoms with van der Waals surface area (Å²) in [6.07, 6.45) is 4.61. The smallest absolute Gasteiger partial charge is 1.00 e. The molecule has 9 heteroatoms. The van der Waals surface area contributed by atoms with E-state index in [4.69, 9.17) is 0 Å². The molecule has 0 saturated carbocycles. The molecule has 3 aromatic carbocycles. The van der Waals surface area contributed by atoms with E-state index in [0.29, 0.717) is 5.75 Å². The molecule has 0 amide bonds. The first-order valence-corrected chi connectivity index (χ1v) is 12.1. The van der Waals surface area contributed by atoms with Crippen LogP contribution in [0.3, 0.4) is 0 Å². The monoisotopic (exact) mass is 428 g/mol. The number of rotatable bonds is 2. The molecule has 0 aliphatic rings. The van der Waals surface area contributed by atoms with E-state index in [1.54, 1.807) is 12.1 Å². The van der Waals surface area contributed by atoms with Crippen molar-refractivity contribution in [2.24, 2.45) is 0 Å². The summed E-state index contributed by atoms with van der Waals surface area (Å²) in [5, 5.41) is 12.1. The Balaban J connectivity index is 0.000000425. The summed E-state index contributed by atoms with van der Waals surface area (Å²) in [5.41, 5.74) is 0. The summed E-state index contributed by atoms with van der Waals surface area (Å²) in [4.78, 5) is 2.67. The molecule has 0 unspecified atom stereocenters. The van der Waals surface area contributed by atoms with Crippen molar-refractivity contribution in [1.29, 1.82) is 0 Å². The molecule has 0 fully saturated rings. The van der Waals surface area contributed by atoms with Crippen LogP contribution in [0.2, 0.25) is 0 Å². The van der Waals surface area contributed by atoms with Crippen molar-refractivity contribution in [3.63, 3.8) is 0 Å². The van der Waals surface area contributed by atoms with Crippen molar-refractivity contribution in [2.45, 2.75) is 9.79 Å². The molecular formula is C18H19F6OPS. The zero-order chi connectivity index (χ0) is 20.6. The van der Waals surface area contributed by atoms with Crippen LogP contribution in [0, 0.1) is 0 Å². The molecule has 0 saturated heterocycles. The van der Waals surface area contributed by atoms with Crippen molar-refractivity contribution in [1.82, 2.24) is 0 Å². The number of benzene rings is 3. The van der Waals surface area contributed by atoms with Crippen LogP contribution in [0.5, 0.6) is 5.75 Å². The van der Waals surface area contributed by atoms with E-state index in [2.05, 4.69) is 55.0 Å². The molecule has 27 heavy (non-hydrogen) atoms. The van der Waals surface area contributed by atoms with Gasteiger partial charge in [-0.2, -0.15) is 10.0 Å².